The number of benzene rings is 1. The predicted octanol–water partition coefficient (Wildman–Crippen LogP) is 2.23. The fraction of sp³-hybridized carbons (Fsp3) is 0.583. The molecule has 1 saturated heterocycles. The molecule has 1 aliphatic heterocycles. The van der Waals surface area contributed by atoms with E-state index in [1.165, 1.54) is 0 Å². The molecule has 2 aromatic rings. The minimum Gasteiger partial charge on any atom is -0.451 e. The van der Waals surface area contributed by atoms with Crippen molar-refractivity contribution in [3.63, 3.8) is 0 Å². The Labute approximate surface area is 186 Å². The fourth-order valence-corrected chi connectivity index (χ4v) is 5.97. The number of aliphatic hydroxyl groups is 1. The zero-order chi connectivity index (χ0) is 22.6. The van der Waals surface area contributed by atoms with Gasteiger partial charge in [0.15, 0.2) is 5.76 Å². The van der Waals surface area contributed by atoms with Crippen LogP contribution in [0, 0.1) is 5.41 Å². The van der Waals surface area contributed by atoms with Crippen LogP contribution in [0.15, 0.2) is 28.7 Å². The second-order valence-corrected chi connectivity index (χ2v) is 9.74. The van der Waals surface area contributed by atoms with Gasteiger partial charge in [0.25, 0.3) is 5.91 Å². The third-order valence-electron chi connectivity index (χ3n) is 7.81. The molecule has 2 amide bonds. The Hall–Kier alpha value is -2.42. The zero-order valence-corrected chi connectivity index (χ0v) is 18.6. The number of aliphatic hydroxyl groups excluding tert-OH is 1. The lowest BCUT2D eigenvalue weighted by Gasteiger charge is -2.51. The monoisotopic (exact) mass is 442 g/mol. The van der Waals surface area contributed by atoms with Crippen LogP contribution >= 0.6 is 0 Å². The summed E-state index contributed by atoms with van der Waals surface area (Å²) in [4.78, 5) is 28.2. The Morgan fingerprint density at radius 2 is 1.88 bits per heavy atom. The molecule has 5 rings (SSSR count). The van der Waals surface area contributed by atoms with Crippen LogP contribution in [0.4, 0.5) is 0 Å². The van der Waals surface area contributed by atoms with Gasteiger partial charge in [-0.05, 0) is 38.2 Å². The van der Waals surface area contributed by atoms with Crippen molar-refractivity contribution in [1.29, 1.82) is 0 Å². The molecule has 0 unspecified atom stereocenters. The van der Waals surface area contributed by atoms with Gasteiger partial charge in [-0.2, -0.15) is 0 Å². The van der Waals surface area contributed by atoms with Gasteiger partial charge in [0, 0.05) is 38.3 Å². The van der Waals surface area contributed by atoms with Gasteiger partial charge in [0.05, 0.1) is 29.8 Å². The van der Waals surface area contributed by atoms with Crippen LogP contribution in [0.2, 0.25) is 0 Å². The summed E-state index contributed by atoms with van der Waals surface area (Å²) in [5.74, 6) is -0.107. The summed E-state index contributed by atoms with van der Waals surface area (Å²) in [5, 5.41) is 13.8. The van der Waals surface area contributed by atoms with Gasteiger partial charge < -0.3 is 29.2 Å². The summed E-state index contributed by atoms with van der Waals surface area (Å²) >= 11 is 0. The number of methoxy groups -OCH3 is 2. The van der Waals surface area contributed by atoms with Crippen LogP contribution in [0.3, 0.4) is 0 Å². The van der Waals surface area contributed by atoms with Gasteiger partial charge in [-0.1, -0.05) is 18.2 Å². The molecule has 0 atom stereocenters. The number of carbonyl (C=O) groups excluding carboxylic acids is 2. The second kappa shape index (κ2) is 7.57. The molecule has 0 radical (unpaired) electrons. The van der Waals surface area contributed by atoms with Crippen LogP contribution < -0.4 is 5.32 Å². The van der Waals surface area contributed by atoms with E-state index in [0.717, 1.165) is 37.5 Å². The summed E-state index contributed by atoms with van der Waals surface area (Å²) in [7, 11) is 3.30. The minimum atomic E-state index is -0.873. The van der Waals surface area contributed by atoms with Gasteiger partial charge in [-0.25, -0.2) is 0 Å². The topological polar surface area (TPSA) is 101 Å². The van der Waals surface area contributed by atoms with E-state index in [1.807, 2.05) is 18.2 Å². The first-order valence-electron chi connectivity index (χ1n) is 11.2. The predicted molar refractivity (Wildman–Crippen MR) is 116 cm³/mol. The van der Waals surface area contributed by atoms with Gasteiger partial charge in [0.1, 0.15) is 5.58 Å². The van der Waals surface area contributed by atoms with Gasteiger partial charge in [0.2, 0.25) is 5.91 Å². The maximum absolute atomic E-state index is 13.3. The summed E-state index contributed by atoms with van der Waals surface area (Å²) < 4.78 is 16.8. The number of nitrogens with zero attached hydrogens (tertiary/aromatic N) is 1. The number of hydrogen-bond acceptors (Lipinski definition) is 6. The standard InChI is InChI=1S/C24H30N2O6/c1-30-11-17-16-5-3-4-6-18(16)32-19(17)20(28)25-23(15-27)13-26(14-23)21(29)22-7-9-24(12-22,31-2)10-8-22/h3-6,27H,7-15H2,1-2H3,(H,25,28). The molecule has 0 spiro atoms. The van der Waals surface area contributed by atoms with Crippen LogP contribution in [0.5, 0.6) is 0 Å². The quantitative estimate of drug-likeness (QED) is 0.682. The van der Waals surface area contributed by atoms with Gasteiger partial charge >= 0.3 is 0 Å². The number of ether oxygens (including phenoxy) is 2. The molecular formula is C24H30N2O6. The Balaban J connectivity index is 1.30. The lowest BCUT2D eigenvalue weighted by Crippen LogP contribution is -2.74. The van der Waals surface area contributed by atoms with Crippen LogP contribution in [-0.2, 0) is 20.9 Å². The lowest BCUT2D eigenvalue weighted by atomic mass is 9.79. The van der Waals surface area contributed by atoms with E-state index < -0.39 is 11.4 Å². The molecule has 2 bridgehead atoms. The van der Waals surface area contributed by atoms with E-state index >= 15 is 0 Å². The van der Waals surface area contributed by atoms with Crippen molar-refractivity contribution in [2.45, 2.75) is 49.9 Å². The van der Waals surface area contributed by atoms with E-state index in [9.17, 15) is 14.7 Å². The van der Waals surface area contributed by atoms with Crippen molar-refractivity contribution in [3.05, 3.63) is 35.6 Å². The van der Waals surface area contributed by atoms with Gasteiger partial charge in [-0.15, -0.1) is 0 Å². The molecule has 3 aliphatic rings. The average molecular weight is 443 g/mol. The number of rotatable bonds is 7. The molecule has 2 N–H and O–H groups in total. The van der Waals surface area contributed by atoms with Crippen molar-refractivity contribution in [1.82, 2.24) is 10.2 Å². The molecule has 8 nitrogen and oxygen atoms in total. The number of hydrogen-bond donors (Lipinski definition) is 2. The smallest absolute Gasteiger partial charge is 0.288 e. The third kappa shape index (κ3) is 3.16. The Bertz CT molecular complexity index is 1050. The van der Waals surface area contributed by atoms with E-state index in [4.69, 9.17) is 13.9 Å². The minimum absolute atomic E-state index is 0.121. The van der Waals surface area contributed by atoms with E-state index in [2.05, 4.69) is 5.32 Å². The molecule has 172 valence electrons. The van der Waals surface area contributed by atoms with Crippen LogP contribution in [0.25, 0.3) is 11.0 Å². The van der Waals surface area contributed by atoms with Crippen LogP contribution in [-0.4, -0.2) is 66.9 Å². The highest BCUT2D eigenvalue weighted by molar-refractivity contribution is 5.99. The molecule has 1 aromatic heterocycles. The van der Waals surface area contributed by atoms with Crippen molar-refractivity contribution < 1.29 is 28.6 Å². The third-order valence-corrected chi connectivity index (χ3v) is 7.81. The molecule has 2 saturated carbocycles. The number of para-hydroxylation sites is 1. The molecule has 1 aromatic carbocycles. The number of likely N-dealkylation sites (tertiary alicyclic amines) is 1. The molecule has 32 heavy (non-hydrogen) atoms. The molecule has 8 heteroatoms. The molecule has 2 heterocycles. The summed E-state index contributed by atoms with van der Waals surface area (Å²) in [6.07, 6.45) is 4.28. The maximum Gasteiger partial charge on any atom is 0.288 e. The zero-order valence-electron chi connectivity index (χ0n) is 18.6. The number of furan rings is 1. The van der Waals surface area contributed by atoms with E-state index in [-0.39, 0.29) is 49.0 Å². The van der Waals surface area contributed by atoms with E-state index in [1.54, 1.807) is 25.2 Å². The first kappa shape index (κ1) is 21.4. The lowest BCUT2D eigenvalue weighted by molar-refractivity contribution is -0.152. The highest BCUT2D eigenvalue weighted by atomic mass is 16.5. The maximum atomic E-state index is 13.3. The van der Waals surface area contributed by atoms with Gasteiger partial charge in [-0.3, -0.25) is 9.59 Å². The van der Waals surface area contributed by atoms with Crippen LogP contribution in [0.1, 0.15) is 48.2 Å². The molecule has 2 aliphatic carbocycles. The normalized spacial score (nSPS) is 28.2. The molecule has 3 fully saturated rings. The number of nitrogens with one attached hydrogen (secondary N) is 1. The number of fused-ring (bicyclic) bond motifs is 3. The second-order valence-electron chi connectivity index (χ2n) is 9.74. The van der Waals surface area contributed by atoms with Crippen molar-refractivity contribution in [2.75, 3.05) is 33.9 Å². The van der Waals surface area contributed by atoms with Crippen molar-refractivity contribution in [2.24, 2.45) is 5.41 Å². The fourth-order valence-electron chi connectivity index (χ4n) is 5.97. The Morgan fingerprint density at radius 1 is 1.16 bits per heavy atom. The van der Waals surface area contributed by atoms with Crippen molar-refractivity contribution >= 4 is 22.8 Å². The van der Waals surface area contributed by atoms with Crippen molar-refractivity contribution in [3.8, 4) is 0 Å². The average Bonchev–Trinajstić information content (AvgIpc) is 3.47. The summed E-state index contributed by atoms with van der Waals surface area (Å²) in [6.45, 7) is 0.558. The summed E-state index contributed by atoms with van der Waals surface area (Å²) in [5.41, 5.74) is -0.0974. The first-order chi connectivity index (χ1) is 15.4. The first-order valence-corrected chi connectivity index (χ1v) is 11.2. The number of carbonyl (C=O) groups is 2. The number of amides is 2. The highest BCUT2D eigenvalue weighted by Gasteiger charge is 2.61. The molecular weight excluding hydrogens is 412 g/mol. The Kier molecular flexibility index (Phi) is 5.07. The SMILES string of the molecule is COCc1c(C(=O)NC2(CO)CN(C(=O)C34CCC(OC)(CC3)C4)C2)oc2ccccc12. The summed E-state index contributed by atoms with van der Waals surface area (Å²) in [6, 6.07) is 7.42. The Morgan fingerprint density at radius 3 is 2.50 bits per heavy atom. The van der Waals surface area contributed by atoms with E-state index in [0.29, 0.717) is 11.1 Å². The largest absolute Gasteiger partial charge is 0.451 e. The highest BCUT2D eigenvalue weighted by Crippen LogP contribution is 2.59.